The van der Waals surface area contributed by atoms with E-state index in [9.17, 15) is 0 Å². The van der Waals surface area contributed by atoms with E-state index in [4.69, 9.17) is 34.9 Å². The highest BCUT2D eigenvalue weighted by Gasteiger charge is 2.37. The lowest BCUT2D eigenvalue weighted by Gasteiger charge is -2.41. The monoisotopic (exact) mass is 1100 g/mol. The van der Waals surface area contributed by atoms with Crippen LogP contribution >= 0.6 is 0 Å². The van der Waals surface area contributed by atoms with Crippen LogP contribution in [0.25, 0.3) is 113 Å². The zero-order chi connectivity index (χ0) is 57.2. The van der Waals surface area contributed by atoms with Gasteiger partial charge in [0.2, 0.25) is 0 Å². The third kappa shape index (κ3) is 9.70. The van der Waals surface area contributed by atoms with Crippen molar-refractivity contribution in [3.63, 3.8) is 0 Å². The summed E-state index contributed by atoms with van der Waals surface area (Å²) in [6.07, 6.45) is 0. The predicted octanol–water partition coefficient (Wildman–Crippen LogP) is 19.4. The van der Waals surface area contributed by atoms with Gasteiger partial charge < -0.3 is 4.90 Å². The van der Waals surface area contributed by atoms with Crippen LogP contribution in [0.5, 0.6) is 0 Å². The first kappa shape index (κ1) is 51.1. The number of anilines is 6. The molecule has 4 heterocycles. The average Bonchev–Trinajstić information content (AvgIpc) is 3.15. The summed E-state index contributed by atoms with van der Waals surface area (Å²) in [4.78, 5) is 43.1. The molecule has 15 rings (SSSR count). The molecule has 11 aromatic carbocycles. The Labute approximate surface area is 498 Å². The minimum Gasteiger partial charge on any atom is -0.305 e. The Hall–Kier alpha value is -11.8. The summed E-state index contributed by atoms with van der Waals surface area (Å²) in [5.74, 6) is 3.41. The van der Waals surface area contributed by atoms with E-state index in [2.05, 4.69) is 210 Å². The van der Waals surface area contributed by atoms with Crippen molar-refractivity contribution in [3.8, 4) is 113 Å². The second-order valence-electron chi connectivity index (χ2n) is 20.8. The molecule has 3 aromatic heterocycles. The molecule has 0 unspecified atom stereocenters. The minimum atomic E-state index is 0.488. The second-order valence-corrected chi connectivity index (χ2v) is 20.8. The van der Waals surface area contributed by atoms with Gasteiger partial charge in [0.25, 0.3) is 0 Å². The Bertz CT molecular complexity index is 4510. The third-order valence-electron chi connectivity index (χ3n) is 15.5. The van der Waals surface area contributed by atoms with Crippen LogP contribution in [0.2, 0.25) is 0 Å². The van der Waals surface area contributed by atoms with Gasteiger partial charge in [-0.05, 0) is 47.5 Å². The first-order valence-electron chi connectivity index (χ1n) is 28.6. The van der Waals surface area contributed by atoms with E-state index >= 15 is 0 Å². The molecule has 0 aliphatic carbocycles. The molecule has 404 valence electrons. The molecule has 0 saturated heterocycles. The van der Waals surface area contributed by atoms with E-state index < -0.39 is 0 Å². The molecule has 9 nitrogen and oxygen atoms in total. The second kappa shape index (κ2) is 22.5. The number of nitrogens with zero attached hydrogens (tertiary/aromatic N) is 9. The molecular weight excluding hydrogens is 1050 g/mol. The smallest absolute Gasteiger partial charge is 0.164 e. The van der Waals surface area contributed by atoms with E-state index in [-0.39, 0.29) is 0 Å². The van der Waals surface area contributed by atoms with Crippen LogP contribution in [-0.4, -0.2) is 34.9 Å². The Morgan fingerprint density at radius 3 is 0.930 bits per heavy atom. The molecule has 86 heavy (non-hydrogen) atoms. The van der Waals surface area contributed by atoms with Gasteiger partial charge in [-0.2, -0.15) is 0 Å². The van der Waals surface area contributed by atoms with Gasteiger partial charge in [-0.1, -0.05) is 267 Å². The van der Waals surface area contributed by atoms with Crippen molar-refractivity contribution in [2.24, 2.45) is 0 Å². The van der Waals surface area contributed by atoms with E-state index in [1.54, 1.807) is 0 Å². The van der Waals surface area contributed by atoms with Crippen molar-refractivity contribution in [2.75, 3.05) is 9.80 Å². The normalized spacial score (nSPS) is 11.7. The molecule has 0 bridgehead atoms. The van der Waals surface area contributed by atoms with E-state index in [1.165, 1.54) is 0 Å². The van der Waals surface area contributed by atoms with Gasteiger partial charge in [-0.15, -0.1) is 0 Å². The van der Waals surface area contributed by atoms with E-state index in [1.807, 2.05) is 109 Å². The first-order valence-corrected chi connectivity index (χ1v) is 28.6. The molecule has 0 spiro atoms. The lowest BCUT2D eigenvalue weighted by Crippen LogP contribution is -2.26. The Morgan fingerprint density at radius 2 is 0.512 bits per heavy atom. The number of benzene rings is 11. The van der Waals surface area contributed by atoms with Gasteiger partial charge in [0, 0.05) is 56.1 Å². The fourth-order valence-corrected chi connectivity index (χ4v) is 11.5. The highest BCUT2D eigenvalue weighted by molar-refractivity contribution is 6.12. The summed E-state index contributed by atoms with van der Waals surface area (Å²) in [6.45, 7) is 0. The van der Waals surface area contributed by atoms with Crippen LogP contribution in [0.1, 0.15) is 0 Å². The molecule has 0 fully saturated rings. The third-order valence-corrected chi connectivity index (χ3v) is 15.5. The van der Waals surface area contributed by atoms with Crippen molar-refractivity contribution in [1.82, 2.24) is 34.9 Å². The maximum Gasteiger partial charge on any atom is 0.164 e. The summed E-state index contributed by atoms with van der Waals surface area (Å²) in [7, 11) is 0. The van der Waals surface area contributed by atoms with Gasteiger partial charge >= 0.3 is 0 Å². The van der Waals surface area contributed by atoms with Crippen molar-refractivity contribution in [1.29, 1.82) is 0 Å². The SMILES string of the molecule is c1ccc(-c2cc(N3c4ccccc4N(c4c(-c5ccccc5)cc(-c5nc(-c6ccccc6)nc(-c6ccccc6)n5)c(-c5ccccc5)c4-c4nc(-c5ccccc5)cc(-c5ccccc5)n4)c4ccccc43)nc(-c3ccccc3)n2)cc1. The fourth-order valence-electron chi connectivity index (χ4n) is 11.5. The van der Waals surface area contributed by atoms with Crippen LogP contribution in [0.3, 0.4) is 0 Å². The number of aromatic nitrogens is 7. The highest BCUT2D eigenvalue weighted by Crippen LogP contribution is 2.60. The summed E-state index contributed by atoms with van der Waals surface area (Å²) in [5.41, 5.74) is 17.5. The number of hydrogen-bond acceptors (Lipinski definition) is 9. The average molecular weight is 1100 g/mol. The minimum absolute atomic E-state index is 0.488. The molecule has 1 aliphatic rings. The molecule has 0 saturated carbocycles. The summed E-state index contributed by atoms with van der Waals surface area (Å²) in [6, 6.07) is 106. The zero-order valence-electron chi connectivity index (χ0n) is 46.5. The van der Waals surface area contributed by atoms with Crippen LogP contribution in [0.15, 0.2) is 309 Å². The van der Waals surface area contributed by atoms with Gasteiger partial charge in [-0.25, -0.2) is 34.9 Å². The van der Waals surface area contributed by atoms with E-state index in [0.29, 0.717) is 34.9 Å². The topological polar surface area (TPSA) is 96.7 Å². The molecule has 9 heteroatoms. The maximum atomic E-state index is 5.77. The Balaban J connectivity index is 1.09. The number of para-hydroxylation sites is 4. The molecule has 0 atom stereocenters. The molecule has 0 N–H and O–H groups in total. The summed E-state index contributed by atoms with van der Waals surface area (Å²) in [5, 5.41) is 0. The number of fused-ring (bicyclic) bond motifs is 2. The quantitative estimate of drug-likeness (QED) is 0.118. The molecule has 0 amide bonds. The maximum absolute atomic E-state index is 5.77. The van der Waals surface area contributed by atoms with Crippen LogP contribution in [0, 0.1) is 0 Å². The molecule has 0 radical (unpaired) electrons. The van der Waals surface area contributed by atoms with Crippen LogP contribution in [0.4, 0.5) is 34.3 Å². The lowest BCUT2D eigenvalue weighted by atomic mass is 9.85. The fraction of sp³-hybridized carbons (Fsp3) is 0. The molecule has 1 aliphatic heterocycles. The van der Waals surface area contributed by atoms with Crippen molar-refractivity contribution in [2.45, 2.75) is 0 Å². The zero-order valence-corrected chi connectivity index (χ0v) is 46.5. The highest BCUT2D eigenvalue weighted by atomic mass is 15.3. The predicted molar refractivity (Wildman–Crippen MR) is 348 cm³/mol. The summed E-state index contributed by atoms with van der Waals surface area (Å²) < 4.78 is 0. The lowest BCUT2D eigenvalue weighted by molar-refractivity contribution is 1.07. The number of rotatable bonds is 12. The Morgan fingerprint density at radius 1 is 0.198 bits per heavy atom. The summed E-state index contributed by atoms with van der Waals surface area (Å²) >= 11 is 0. The Kier molecular flexibility index (Phi) is 13.4. The van der Waals surface area contributed by atoms with Gasteiger partial charge in [-0.3, -0.25) is 4.90 Å². The largest absolute Gasteiger partial charge is 0.305 e. The van der Waals surface area contributed by atoms with Crippen molar-refractivity contribution < 1.29 is 0 Å². The number of hydrogen-bond donors (Lipinski definition) is 0. The first-order chi connectivity index (χ1) is 42.7. The van der Waals surface area contributed by atoms with Crippen molar-refractivity contribution >= 4 is 34.3 Å². The van der Waals surface area contributed by atoms with Crippen LogP contribution < -0.4 is 9.80 Å². The van der Waals surface area contributed by atoms with Gasteiger partial charge in [0.1, 0.15) is 5.82 Å². The standard InChI is InChI=1S/C77H51N9/c1-9-29-52(30-10-1)60-49-61(76-83-74(58-41-21-7-22-42-58)82-75(84-76)59-43-23-8-24-44-59)70(56-37-17-5-18-38-56)71(77-79-62(53-31-11-2-12-32-53)50-63(80-77)54-33-13-3-14-34-54)72(60)86-67-47-27-25-45-65(67)85(66-46-26-28-48-68(66)86)69-51-64(55-35-15-4-16-36-55)78-73(81-69)57-39-19-6-20-40-57/h1-51H. The van der Waals surface area contributed by atoms with Gasteiger partial charge in [0.15, 0.2) is 29.1 Å². The molecule has 14 aromatic rings. The molecular formula is C77H51N9. The van der Waals surface area contributed by atoms with Crippen molar-refractivity contribution in [3.05, 3.63) is 309 Å². The van der Waals surface area contributed by atoms with Gasteiger partial charge in [0.05, 0.1) is 51.1 Å². The van der Waals surface area contributed by atoms with E-state index in [0.717, 1.165) is 112 Å². The van der Waals surface area contributed by atoms with Crippen LogP contribution in [-0.2, 0) is 0 Å².